The molecule has 1 heterocycles. The van der Waals surface area contributed by atoms with Crippen LogP contribution in [0.3, 0.4) is 0 Å². The summed E-state index contributed by atoms with van der Waals surface area (Å²) in [6.07, 6.45) is 4.78. The molecule has 0 saturated heterocycles. The summed E-state index contributed by atoms with van der Waals surface area (Å²) in [5, 5.41) is 3.61. The highest BCUT2D eigenvalue weighted by Gasteiger charge is 1.85. The van der Waals surface area contributed by atoms with Gasteiger partial charge in [0.2, 0.25) is 0 Å². The molecule has 0 spiro atoms. The molecule has 0 fully saturated rings. The van der Waals surface area contributed by atoms with Gasteiger partial charge in [0.05, 0.1) is 0 Å². The number of rotatable bonds is 3. The summed E-state index contributed by atoms with van der Waals surface area (Å²) in [6, 6.07) is 1.75. The monoisotopic (exact) mass is 151 g/mol. The van der Waals surface area contributed by atoms with Gasteiger partial charge in [-0.15, -0.1) is 0 Å². The lowest BCUT2D eigenvalue weighted by atomic mass is 10.6. The highest BCUT2D eigenvalue weighted by atomic mass is 16.6. The van der Waals surface area contributed by atoms with E-state index in [0.29, 0.717) is 12.4 Å². The molecule has 4 heteroatoms. The van der Waals surface area contributed by atoms with Gasteiger partial charge < -0.3 is 4.84 Å². The number of oxime groups is 1. The molecule has 0 N–H and O–H groups in total. The van der Waals surface area contributed by atoms with Crippen LogP contribution in [0.15, 0.2) is 23.6 Å². The van der Waals surface area contributed by atoms with Gasteiger partial charge in [-0.1, -0.05) is 5.16 Å². The average Bonchev–Trinajstić information content (AvgIpc) is 2.07. The molecule has 0 aromatic carbocycles. The normalized spacial score (nSPS) is 10.3. The highest BCUT2D eigenvalue weighted by molar-refractivity contribution is 5.73. The van der Waals surface area contributed by atoms with E-state index in [1.54, 1.807) is 18.5 Å². The molecule has 0 aliphatic rings. The van der Waals surface area contributed by atoms with Crippen LogP contribution in [0.5, 0.6) is 0 Å². The van der Waals surface area contributed by atoms with Gasteiger partial charge >= 0.3 is 0 Å². The van der Waals surface area contributed by atoms with Gasteiger partial charge in [0.1, 0.15) is 12.8 Å². The first-order chi connectivity index (χ1) is 5.43. The van der Waals surface area contributed by atoms with Crippen molar-refractivity contribution in [3.63, 3.8) is 0 Å². The highest BCUT2D eigenvalue weighted by Crippen LogP contribution is 1.82. The Labute approximate surface area is 64.9 Å². The maximum absolute atomic E-state index is 4.73. The van der Waals surface area contributed by atoms with Gasteiger partial charge in [-0.3, -0.25) is 0 Å². The van der Waals surface area contributed by atoms with Gasteiger partial charge in [-0.05, 0) is 13.0 Å². The van der Waals surface area contributed by atoms with Crippen LogP contribution in [-0.2, 0) is 4.84 Å². The van der Waals surface area contributed by atoms with Crippen molar-refractivity contribution in [1.82, 2.24) is 9.97 Å². The summed E-state index contributed by atoms with van der Waals surface area (Å²) < 4.78 is 0. The van der Waals surface area contributed by atoms with Crippen LogP contribution < -0.4 is 0 Å². The van der Waals surface area contributed by atoms with Crippen LogP contribution in [0.25, 0.3) is 0 Å². The quantitative estimate of drug-likeness (QED) is 0.475. The second kappa shape index (κ2) is 4.38. The number of aromatic nitrogens is 2. The second-order valence-corrected chi connectivity index (χ2v) is 1.76. The Balaban J connectivity index is 2.50. The summed E-state index contributed by atoms with van der Waals surface area (Å²) in [6.45, 7) is 2.42. The average molecular weight is 151 g/mol. The third kappa shape index (κ3) is 2.75. The predicted molar refractivity (Wildman–Crippen MR) is 41.3 cm³/mol. The topological polar surface area (TPSA) is 47.4 Å². The van der Waals surface area contributed by atoms with Crippen molar-refractivity contribution in [3.8, 4) is 0 Å². The molecule has 11 heavy (non-hydrogen) atoms. The van der Waals surface area contributed by atoms with Crippen molar-refractivity contribution in [2.24, 2.45) is 5.16 Å². The molecule has 1 aromatic heterocycles. The van der Waals surface area contributed by atoms with Crippen LogP contribution in [-0.4, -0.2) is 22.8 Å². The molecule has 0 saturated carbocycles. The van der Waals surface area contributed by atoms with Crippen molar-refractivity contribution < 1.29 is 4.84 Å². The van der Waals surface area contributed by atoms with Crippen LogP contribution in [0.1, 0.15) is 12.7 Å². The van der Waals surface area contributed by atoms with E-state index in [0.717, 1.165) is 0 Å². The molecule has 0 amide bonds. The zero-order chi connectivity index (χ0) is 7.94. The first kappa shape index (κ1) is 7.65. The lowest BCUT2D eigenvalue weighted by Crippen LogP contribution is -1.91. The summed E-state index contributed by atoms with van der Waals surface area (Å²) in [7, 11) is 0. The molecule has 0 atom stereocenters. The van der Waals surface area contributed by atoms with Gasteiger partial charge in [-0.25, -0.2) is 9.97 Å². The van der Waals surface area contributed by atoms with Gasteiger partial charge in [-0.2, -0.15) is 0 Å². The van der Waals surface area contributed by atoms with Gasteiger partial charge in [0, 0.05) is 12.4 Å². The van der Waals surface area contributed by atoms with E-state index in [1.165, 1.54) is 6.21 Å². The summed E-state index contributed by atoms with van der Waals surface area (Å²) in [4.78, 5) is 12.5. The van der Waals surface area contributed by atoms with E-state index in [4.69, 9.17) is 4.84 Å². The Morgan fingerprint density at radius 3 is 2.91 bits per heavy atom. The molecule has 58 valence electrons. The Bertz CT molecular complexity index is 222. The van der Waals surface area contributed by atoms with Crippen LogP contribution in [0.4, 0.5) is 0 Å². The maximum atomic E-state index is 4.73. The standard InChI is InChI=1S/C7H9N3O/c1-2-11-10-6-7-8-4-3-5-9-7/h3-6H,2H2,1H3/b10-6+. The fourth-order valence-electron chi connectivity index (χ4n) is 0.536. The van der Waals surface area contributed by atoms with E-state index in [2.05, 4.69) is 15.1 Å². The molecule has 1 rings (SSSR count). The van der Waals surface area contributed by atoms with E-state index >= 15 is 0 Å². The van der Waals surface area contributed by atoms with E-state index in [1.807, 2.05) is 6.92 Å². The van der Waals surface area contributed by atoms with Crippen molar-refractivity contribution in [2.45, 2.75) is 6.92 Å². The molecule has 4 nitrogen and oxygen atoms in total. The van der Waals surface area contributed by atoms with Crippen molar-refractivity contribution in [2.75, 3.05) is 6.61 Å². The molecule has 0 aliphatic carbocycles. The zero-order valence-corrected chi connectivity index (χ0v) is 6.27. The Morgan fingerprint density at radius 2 is 2.27 bits per heavy atom. The molecule has 0 radical (unpaired) electrons. The maximum Gasteiger partial charge on any atom is 0.173 e. The summed E-state index contributed by atoms with van der Waals surface area (Å²) in [5.74, 6) is 0.556. The van der Waals surface area contributed by atoms with Crippen molar-refractivity contribution >= 4 is 6.21 Å². The van der Waals surface area contributed by atoms with Crippen LogP contribution >= 0.6 is 0 Å². The first-order valence-corrected chi connectivity index (χ1v) is 3.36. The van der Waals surface area contributed by atoms with E-state index in [9.17, 15) is 0 Å². The van der Waals surface area contributed by atoms with E-state index < -0.39 is 0 Å². The molecular formula is C7H9N3O. The Hall–Kier alpha value is -1.45. The van der Waals surface area contributed by atoms with Gasteiger partial charge in [0.25, 0.3) is 0 Å². The fraction of sp³-hybridized carbons (Fsp3) is 0.286. The Kier molecular flexibility index (Phi) is 3.05. The third-order valence-electron chi connectivity index (χ3n) is 0.958. The minimum absolute atomic E-state index is 0.556. The van der Waals surface area contributed by atoms with E-state index in [-0.39, 0.29) is 0 Å². The second-order valence-electron chi connectivity index (χ2n) is 1.76. The zero-order valence-electron chi connectivity index (χ0n) is 6.27. The van der Waals surface area contributed by atoms with Crippen LogP contribution in [0.2, 0.25) is 0 Å². The van der Waals surface area contributed by atoms with Crippen molar-refractivity contribution in [1.29, 1.82) is 0 Å². The molecule has 0 aliphatic heterocycles. The fourth-order valence-corrected chi connectivity index (χ4v) is 0.536. The minimum atomic E-state index is 0.556. The smallest absolute Gasteiger partial charge is 0.173 e. The number of hydrogen-bond acceptors (Lipinski definition) is 4. The lowest BCUT2D eigenvalue weighted by Gasteiger charge is -1.89. The summed E-state index contributed by atoms with van der Waals surface area (Å²) >= 11 is 0. The molecular weight excluding hydrogens is 142 g/mol. The molecule has 0 bridgehead atoms. The van der Waals surface area contributed by atoms with Crippen molar-refractivity contribution in [3.05, 3.63) is 24.3 Å². The first-order valence-electron chi connectivity index (χ1n) is 3.36. The minimum Gasteiger partial charge on any atom is -0.396 e. The SMILES string of the molecule is CCO/N=C/c1ncccn1. The third-order valence-corrected chi connectivity index (χ3v) is 0.958. The Morgan fingerprint density at radius 1 is 1.55 bits per heavy atom. The molecule has 0 unspecified atom stereocenters. The lowest BCUT2D eigenvalue weighted by molar-refractivity contribution is 0.160. The number of nitrogens with zero attached hydrogens (tertiary/aromatic N) is 3. The van der Waals surface area contributed by atoms with Crippen LogP contribution in [0, 0.1) is 0 Å². The molecule has 1 aromatic rings. The largest absolute Gasteiger partial charge is 0.396 e. The predicted octanol–water partition coefficient (Wildman–Crippen LogP) is 0.847. The number of hydrogen-bond donors (Lipinski definition) is 0. The van der Waals surface area contributed by atoms with Gasteiger partial charge in [0.15, 0.2) is 5.82 Å². The summed E-state index contributed by atoms with van der Waals surface area (Å²) in [5.41, 5.74) is 0.